The molecule has 9 heteroatoms. The van der Waals surface area contributed by atoms with Gasteiger partial charge in [0.05, 0.1) is 0 Å². The maximum atomic E-state index is 14.0. The molecule has 1 heterocycles. The maximum absolute atomic E-state index is 14.0. The van der Waals surface area contributed by atoms with Gasteiger partial charge < -0.3 is 20.7 Å². The van der Waals surface area contributed by atoms with Crippen LogP contribution in [0.5, 0.6) is 0 Å². The Morgan fingerprint density at radius 2 is 2.04 bits per heavy atom. The molecule has 0 bridgehead atoms. The Kier molecular flexibility index (Phi) is 8.38. The van der Waals surface area contributed by atoms with Crippen LogP contribution >= 0.6 is 11.8 Å². The largest absolute Gasteiger partial charge is 0.456 e. The van der Waals surface area contributed by atoms with Gasteiger partial charge in [0.1, 0.15) is 11.2 Å². The number of ether oxygens (including phenoxy) is 1. The number of nitrogens with zero attached hydrogens (tertiary/aromatic N) is 1. The van der Waals surface area contributed by atoms with E-state index in [0.717, 1.165) is 6.42 Å². The Hall–Kier alpha value is -2.29. The summed E-state index contributed by atoms with van der Waals surface area (Å²) in [5, 5.41) is 2.08. The minimum absolute atomic E-state index is 0.204. The van der Waals surface area contributed by atoms with Gasteiger partial charge in [-0.2, -0.15) is 0 Å². The van der Waals surface area contributed by atoms with Crippen molar-refractivity contribution in [2.24, 2.45) is 5.73 Å². The summed E-state index contributed by atoms with van der Waals surface area (Å²) in [7, 11) is 0. The molecule has 0 saturated carbocycles. The number of urea groups is 1. The summed E-state index contributed by atoms with van der Waals surface area (Å²) in [4.78, 5) is 36.2. The average Bonchev–Trinajstić information content (AvgIpc) is 3.12. The van der Waals surface area contributed by atoms with Crippen LogP contribution in [0.25, 0.3) is 0 Å². The van der Waals surface area contributed by atoms with Gasteiger partial charge in [-0.3, -0.25) is 9.59 Å². The van der Waals surface area contributed by atoms with Crippen LogP contribution in [0.15, 0.2) is 24.3 Å². The molecule has 1 atom stereocenters. The number of rotatable bonds is 9. The Balaban J connectivity index is 1.71. The zero-order chi connectivity index (χ0) is 19.6. The van der Waals surface area contributed by atoms with Crippen LogP contribution in [0.2, 0.25) is 0 Å². The SMILES string of the molecule is NC(=O)NCCCCCC(=O)OCC(=O)N1CCS[C@@H]1c1ccccc1F. The van der Waals surface area contributed by atoms with E-state index in [1.54, 1.807) is 23.1 Å². The number of hydrogen-bond acceptors (Lipinski definition) is 5. The lowest BCUT2D eigenvalue weighted by atomic mass is 10.2. The fourth-order valence-corrected chi connectivity index (χ4v) is 4.04. The molecule has 0 aromatic heterocycles. The van der Waals surface area contributed by atoms with Crippen LogP contribution in [0.1, 0.15) is 36.6 Å². The fourth-order valence-electron chi connectivity index (χ4n) is 2.74. The molecule has 27 heavy (non-hydrogen) atoms. The number of esters is 1. The van der Waals surface area contributed by atoms with Gasteiger partial charge in [-0.25, -0.2) is 9.18 Å². The van der Waals surface area contributed by atoms with E-state index in [1.807, 2.05) is 0 Å². The highest BCUT2D eigenvalue weighted by Gasteiger charge is 2.32. The van der Waals surface area contributed by atoms with Gasteiger partial charge in [-0.1, -0.05) is 24.6 Å². The number of primary amides is 1. The van der Waals surface area contributed by atoms with Gasteiger partial charge >= 0.3 is 12.0 Å². The summed E-state index contributed by atoms with van der Waals surface area (Å²) in [6.45, 7) is 0.618. The van der Waals surface area contributed by atoms with Crippen molar-refractivity contribution >= 4 is 29.7 Å². The molecule has 2 rings (SSSR count). The number of halogens is 1. The van der Waals surface area contributed by atoms with E-state index >= 15 is 0 Å². The molecule has 0 spiro atoms. The summed E-state index contributed by atoms with van der Waals surface area (Å²) in [6, 6.07) is 5.81. The second kappa shape index (κ2) is 10.8. The lowest BCUT2D eigenvalue weighted by molar-refractivity contribution is -0.152. The zero-order valence-electron chi connectivity index (χ0n) is 15.0. The fraction of sp³-hybridized carbons (Fsp3) is 0.500. The highest BCUT2D eigenvalue weighted by atomic mass is 32.2. The second-order valence-corrected chi connectivity index (χ2v) is 7.28. The number of benzene rings is 1. The lowest BCUT2D eigenvalue weighted by Gasteiger charge is -2.24. The van der Waals surface area contributed by atoms with Crippen LogP contribution in [0, 0.1) is 5.82 Å². The first kappa shape index (κ1) is 21.0. The topological polar surface area (TPSA) is 102 Å². The molecular formula is C18H24FN3O4S. The summed E-state index contributed by atoms with van der Waals surface area (Å²) in [5.41, 5.74) is 5.41. The first-order chi connectivity index (χ1) is 13.0. The Morgan fingerprint density at radius 1 is 1.26 bits per heavy atom. The van der Waals surface area contributed by atoms with Crippen molar-refractivity contribution in [2.75, 3.05) is 25.4 Å². The Bertz CT molecular complexity index is 674. The molecule has 1 fully saturated rings. The van der Waals surface area contributed by atoms with Crippen molar-refractivity contribution in [1.82, 2.24) is 10.2 Å². The summed E-state index contributed by atoms with van der Waals surface area (Å²) in [6.07, 6.45) is 2.26. The zero-order valence-corrected chi connectivity index (χ0v) is 15.8. The molecular weight excluding hydrogens is 373 g/mol. The summed E-state index contributed by atoms with van der Waals surface area (Å²) < 4.78 is 19.1. The molecule has 1 aromatic rings. The van der Waals surface area contributed by atoms with E-state index in [9.17, 15) is 18.8 Å². The summed E-state index contributed by atoms with van der Waals surface area (Å²) in [5.74, 6) is -0.414. The van der Waals surface area contributed by atoms with Crippen LogP contribution < -0.4 is 11.1 Å². The van der Waals surface area contributed by atoms with Gasteiger partial charge in [-0.15, -0.1) is 11.8 Å². The molecule has 1 aliphatic rings. The molecule has 1 aliphatic heterocycles. The quantitative estimate of drug-likeness (QED) is 0.491. The third-order valence-electron chi connectivity index (χ3n) is 4.10. The number of hydrogen-bond donors (Lipinski definition) is 2. The summed E-state index contributed by atoms with van der Waals surface area (Å²) >= 11 is 1.49. The molecule has 7 nitrogen and oxygen atoms in total. The van der Waals surface area contributed by atoms with E-state index in [0.29, 0.717) is 37.2 Å². The van der Waals surface area contributed by atoms with E-state index < -0.39 is 17.4 Å². The number of nitrogens with one attached hydrogen (secondary N) is 1. The normalized spacial score (nSPS) is 16.2. The first-order valence-corrected chi connectivity index (χ1v) is 9.88. The molecule has 3 N–H and O–H groups in total. The number of unbranched alkanes of at least 4 members (excludes halogenated alkanes) is 2. The van der Waals surface area contributed by atoms with Crippen molar-refractivity contribution < 1.29 is 23.5 Å². The number of thioether (sulfide) groups is 1. The monoisotopic (exact) mass is 397 g/mol. The van der Waals surface area contributed by atoms with Gasteiger partial charge in [0.15, 0.2) is 6.61 Å². The lowest BCUT2D eigenvalue weighted by Crippen LogP contribution is -2.34. The van der Waals surface area contributed by atoms with Gasteiger partial charge in [0, 0.05) is 30.8 Å². The van der Waals surface area contributed by atoms with Gasteiger partial charge in [0.25, 0.3) is 5.91 Å². The van der Waals surface area contributed by atoms with E-state index in [4.69, 9.17) is 10.5 Å². The van der Waals surface area contributed by atoms with Crippen molar-refractivity contribution in [1.29, 1.82) is 0 Å². The molecule has 3 amide bonds. The van der Waals surface area contributed by atoms with Crippen LogP contribution in [0.3, 0.4) is 0 Å². The third-order valence-corrected chi connectivity index (χ3v) is 5.34. The van der Waals surface area contributed by atoms with E-state index in [1.165, 1.54) is 17.8 Å². The van der Waals surface area contributed by atoms with Crippen LogP contribution in [-0.2, 0) is 14.3 Å². The van der Waals surface area contributed by atoms with E-state index in [2.05, 4.69) is 5.32 Å². The van der Waals surface area contributed by atoms with Gasteiger partial charge in [-0.05, 0) is 18.9 Å². The molecule has 0 unspecified atom stereocenters. The number of nitrogens with two attached hydrogens (primary N) is 1. The molecule has 1 aromatic carbocycles. The Morgan fingerprint density at radius 3 is 2.78 bits per heavy atom. The number of carbonyl (C=O) groups excluding carboxylic acids is 3. The molecule has 0 aliphatic carbocycles. The van der Waals surface area contributed by atoms with E-state index in [-0.39, 0.29) is 24.8 Å². The Labute approximate surface area is 161 Å². The highest BCUT2D eigenvalue weighted by molar-refractivity contribution is 7.99. The predicted octanol–water partition coefficient (Wildman–Crippen LogP) is 2.17. The minimum atomic E-state index is -0.568. The highest BCUT2D eigenvalue weighted by Crippen LogP contribution is 2.38. The van der Waals surface area contributed by atoms with Crippen LogP contribution in [-0.4, -0.2) is 48.3 Å². The van der Waals surface area contributed by atoms with Gasteiger partial charge in [0.2, 0.25) is 0 Å². The van der Waals surface area contributed by atoms with Crippen molar-refractivity contribution in [3.8, 4) is 0 Å². The maximum Gasteiger partial charge on any atom is 0.312 e. The van der Waals surface area contributed by atoms with Crippen molar-refractivity contribution in [3.63, 3.8) is 0 Å². The molecule has 1 saturated heterocycles. The van der Waals surface area contributed by atoms with Crippen molar-refractivity contribution in [3.05, 3.63) is 35.6 Å². The van der Waals surface area contributed by atoms with Crippen molar-refractivity contribution in [2.45, 2.75) is 31.1 Å². The number of carbonyl (C=O) groups is 3. The smallest absolute Gasteiger partial charge is 0.312 e. The minimum Gasteiger partial charge on any atom is -0.456 e. The molecule has 148 valence electrons. The number of amides is 3. The molecule has 0 radical (unpaired) electrons. The average molecular weight is 397 g/mol. The predicted molar refractivity (Wildman–Crippen MR) is 100 cm³/mol. The second-order valence-electron chi connectivity index (χ2n) is 6.09. The first-order valence-electron chi connectivity index (χ1n) is 8.83. The van der Waals surface area contributed by atoms with Crippen LogP contribution in [0.4, 0.5) is 9.18 Å². The third kappa shape index (κ3) is 6.74. The standard InChI is InChI=1S/C18H24FN3O4S/c19-14-7-4-3-6-13(14)17-22(10-11-27-17)15(23)12-26-16(24)8-2-1-5-9-21-18(20)25/h3-4,6-7,17H,1-2,5,8-12H2,(H3,20,21,25)/t17-/m1/s1.